The average Bonchev–Trinajstić information content (AvgIpc) is 2.50. The van der Waals surface area contributed by atoms with Crippen molar-refractivity contribution in [1.29, 1.82) is 0 Å². The molecule has 0 saturated carbocycles. The van der Waals surface area contributed by atoms with Crippen molar-refractivity contribution in [3.63, 3.8) is 0 Å². The van der Waals surface area contributed by atoms with Crippen LogP contribution in [0.3, 0.4) is 0 Å². The molecule has 60 valence electrons. The first kappa shape index (κ1) is 6.85. The molecule has 0 amide bonds. The zero-order chi connectivity index (χ0) is 7.68. The zero-order valence-corrected chi connectivity index (χ0v) is 6.63. The lowest BCUT2D eigenvalue weighted by Crippen LogP contribution is -2.20. The molecule has 0 bridgehead atoms. The van der Waals surface area contributed by atoms with E-state index >= 15 is 0 Å². The van der Waals surface area contributed by atoms with Crippen molar-refractivity contribution in [2.24, 2.45) is 0 Å². The van der Waals surface area contributed by atoms with E-state index < -0.39 is 0 Å². The Balaban J connectivity index is 2.32. The van der Waals surface area contributed by atoms with Crippen LogP contribution in [0.5, 0.6) is 0 Å². The van der Waals surface area contributed by atoms with Gasteiger partial charge >= 0.3 is 0 Å². The molecular weight excluding hydrogens is 140 g/mol. The maximum atomic E-state index is 5.29. The van der Waals surface area contributed by atoms with Crippen molar-refractivity contribution in [2.75, 3.05) is 7.05 Å². The first-order valence-corrected chi connectivity index (χ1v) is 4.01. The van der Waals surface area contributed by atoms with E-state index in [9.17, 15) is 0 Å². The Morgan fingerprint density at radius 2 is 2.64 bits per heavy atom. The predicted octanol–water partition coefficient (Wildman–Crippen LogP) is 1.27. The molecule has 0 spiro atoms. The molecule has 0 radical (unpaired) electrons. The van der Waals surface area contributed by atoms with Crippen LogP contribution in [0.15, 0.2) is 10.8 Å². The molecule has 3 nitrogen and oxygen atoms in total. The maximum absolute atomic E-state index is 5.29. The summed E-state index contributed by atoms with van der Waals surface area (Å²) in [5.74, 6) is 1.04. The summed E-state index contributed by atoms with van der Waals surface area (Å²) >= 11 is 0. The maximum Gasteiger partial charge on any atom is 0.181 e. The van der Waals surface area contributed by atoms with Crippen LogP contribution in [0.2, 0.25) is 0 Å². The second kappa shape index (κ2) is 2.66. The normalized spacial score (nSPS) is 23.2. The molecule has 1 aliphatic carbocycles. The summed E-state index contributed by atoms with van der Waals surface area (Å²) in [7, 11) is 1.96. The van der Waals surface area contributed by atoms with Gasteiger partial charge < -0.3 is 9.73 Å². The van der Waals surface area contributed by atoms with Gasteiger partial charge in [-0.05, 0) is 26.3 Å². The number of nitrogens with one attached hydrogen (secondary N) is 1. The minimum Gasteiger partial charge on any atom is -0.447 e. The highest BCUT2D eigenvalue weighted by Gasteiger charge is 2.22. The lowest BCUT2D eigenvalue weighted by Gasteiger charge is -2.18. The standard InChI is InChI=1S/C8H12N2O/c1-9-6-3-2-4-7-8(6)11-5-10-7/h5-6,9H,2-4H2,1H3. The van der Waals surface area contributed by atoms with Crippen molar-refractivity contribution < 1.29 is 4.42 Å². The molecule has 2 rings (SSSR count). The topological polar surface area (TPSA) is 38.1 Å². The van der Waals surface area contributed by atoms with Crippen molar-refractivity contribution >= 4 is 0 Å². The van der Waals surface area contributed by atoms with E-state index in [2.05, 4.69) is 10.3 Å². The summed E-state index contributed by atoms with van der Waals surface area (Å²) in [5, 5.41) is 3.21. The summed E-state index contributed by atoms with van der Waals surface area (Å²) in [4.78, 5) is 4.15. The van der Waals surface area contributed by atoms with Gasteiger partial charge in [0.1, 0.15) is 5.76 Å². The van der Waals surface area contributed by atoms with Gasteiger partial charge in [-0.25, -0.2) is 4.98 Å². The van der Waals surface area contributed by atoms with E-state index in [4.69, 9.17) is 4.42 Å². The first-order chi connectivity index (χ1) is 5.42. The zero-order valence-electron chi connectivity index (χ0n) is 6.63. The van der Waals surface area contributed by atoms with Gasteiger partial charge in [-0.1, -0.05) is 0 Å². The molecule has 1 aliphatic rings. The van der Waals surface area contributed by atoms with Crippen LogP contribution in [-0.2, 0) is 6.42 Å². The van der Waals surface area contributed by atoms with Gasteiger partial charge in [-0.2, -0.15) is 0 Å². The van der Waals surface area contributed by atoms with Crippen molar-refractivity contribution in [2.45, 2.75) is 25.3 Å². The minimum absolute atomic E-state index is 0.390. The summed E-state index contributed by atoms with van der Waals surface area (Å²) in [6.45, 7) is 0. The number of oxazole rings is 1. The van der Waals surface area contributed by atoms with Gasteiger partial charge in [0.15, 0.2) is 6.39 Å². The molecule has 1 aromatic heterocycles. The molecule has 1 aromatic rings. The largest absolute Gasteiger partial charge is 0.447 e. The third-order valence-corrected chi connectivity index (χ3v) is 2.24. The molecule has 1 heterocycles. The molecule has 1 atom stereocenters. The second-order valence-corrected chi connectivity index (χ2v) is 2.90. The van der Waals surface area contributed by atoms with Crippen LogP contribution in [0.4, 0.5) is 0 Å². The molecule has 0 saturated heterocycles. The Hall–Kier alpha value is -0.830. The smallest absolute Gasteiger partial charge is 0.181 e. The molecule has 0 aliphatic heterocycles. The Kier molecular flexibility index (Phi) is 1.66. The van der Waals surface area contributed by atoms with Crippen molar-refractivity contribution in [3.05, 3.63) is 17.8 Å². The summed E-state index contributed by atoms with van der Waals surface area (Å²) in [5.41, 5.74) is 1.13. The lowest BCUT2D eigenvalue weighted by molar-refractivity contribution is 0.386. The van der Waals surface area contributed by atoms with Crippen LogP contribution in [0.25, 0.3) is 0 Å². The third kappa shape index (κ3) is 1.05. The van der Waals surface area contributed by atoms with Gasteiger partial charge in [0.05, 0.1) is 11.7 Å². The molecule has 11 heavy (non-hydrogen) atoms. The summed E-state index contributed by atoms with van der Waals surface area (Å²) < 4.78 is 5.29. The van der Waals surface area contributed by atoms with Crippen LogP contribution >= 0.6 is 0 Å². The van der Waals surface area contributed by atoms with Crippen molar-refractivity contribution in [3.8, 4) is 0 Å². The summed E-state index contributed by atoms with van der Waals surface area (Å²) in [6, 6.07) is 0.390. The SMILES string of the molecule is CNC1CCCc2ncoc21. The fourth-order valence-corrected chi connectivity index (χ4v) is 1.63. The molecule has 3 heteroatoms. The van der Waals surface area contributed by atoms with E-state index in [0.29, 0.717) is 6.04 Å². The van der Waals surface area contributed by atoms with E-state index in [1.807, 2.05) is 7.05 Å². The Morgan fingerprint density at radius 3 is 3.45 bits per heavy atom. The number of nitrogens with zero attached hydrogens (tertiary/aromatic N) is 1. The van der Waals surface area contributed by atoms with Crippen LogP contribution < -0.4 is 5.32 Å². The Labute approximate surface area is 65.8 Å². The van der Waals surface area contributed by atoms with E-state index in [-0.39, 0.29) is 0 Å². The molecule has 0 aromatic carbocycles. The third-order valence-electron chi connectivity index (χ3n) is 2.24. The van der Waals surface area contributed by atoms with Gasteiger partial charge in [0.2, 0.25) is 0 Å². The highest BCUT2D eigenvalue weighted by atomic mass is 16.3. The fraction of sp³-hybridized carbons (Fsp3) is 0.625. The predicted molar refractivity (Wildman–Crippen MR) is 41.2 cm³/mol. The minimum atomic E-state index is 0.390. The summed E-state index contributed by atoms with van der Waals surface area (Å²) in [6.07, 6.45) is 4.99. The highest BCUT2D eigenvalue weighted by Crippen LogP contribution is 2.27. The van der Waals surface area contributed by atoms with E-state index in [1.165, 1.54) is 12.8 Å². The van der Waals surface area contributed by atoms with Gasteiger partial charge in [0, 0.05) is 0 Å². The Bertz CT molecular complexity index is 244. The molecule has 0 fully saturated rings. The number of aromatic nitrogens is 1. The molecule has 1 unspecified atom stereocenters. The number of hydrogen-bond donors (Lipinski definition) is 1. The number of fused-ring (bicyclic) bond motifs is 1. The van der Waals surface area contributed by atoms with Crippen LogP contribution in [-0.4, -0.2) is 12.0 Å². The lowest BCUT2D eigenvalue weighted by atomic mass is 9.97. The number of hydrogen-bond acceptors (Lipinski definition) is 3. The van der Waals surface area contributed by atoms with Gasteiger partial charge in [-0.15, -0.1) is 0 Å². The van der Waals surface area contributed by atoms with Crippen LogP contribution in [0.1, 0.15) is 30.3 Å². The second-order valence-electron chi connectivity index (χ2n) is 2.90. The van der Waals surface area contributed by atoms with Gasteiger partial charge in [0.25, 0.3) is 0 Å². The average molecular weight is 152 g/mol. The van der Waals surface area contributed by atoms with Crippen LogP contribution in [0, 0.1) is 0 Å². The van der Waals surface area contributed by atoms with E-state index in [1.54, 1.807) is 6.39 Å². The highest BCUT2D eigenvalue weighted by molar-refractivity contribution is 5.15. The first-order valence-electron chi connectivity index (χ1n) is 4.01. The quantitative estimate of drug-likeness (QED) is 0.658. The Morgan fingerprint density at radius 1 is 1.73 bits per heavy atom. The monoisotopic (exact) mass is 152 g/mol. The fourth-order valence-electron chi connectivity index (χ4n) is 1.63. The van der Waals surface area contributed by atoms with Crippen molar-refractivity contribution in [1.82, 2.24) is 10.3 Å². The molecular formula is C8H12N2O. The van der Waals surface area contributed by atoms with Gasteiger partial charge in [-0.3, -0.25) is 0 Å². The van der Waals surface area contributed by atoms with E-state index in [0.717, 1.165) is 17.9 Å². The molecule has 1 N–H and O–H groups in total. The number of aryl methyl sites for hydroxylation is 1. The number of rotatable bonds is 1.